The molecule has 0 unspecified atom stereocenters. The van der Waals surface area contributed by atoms with Crippen molar-refractivity contribution < 1.29 is 14.7 Å². The zero-order valence-corrected chi connectivity index (χ0v) is 7.88. The standard InChI is InChI=1S/C10H10N2O3/c13-8-4-7(9(12-8)10(14)15)6-2-1-3-11-5-6/h1-3,5,7,9H,4H2,(H,12,13)(H,14,15)/t7-,9-/m0/s1. The molecule has 1 aliphatic heterocycles. The van der Waals surface area contributed by atoms with Gasteiger partial charge in [-0.05, 0) is 11.6 Å². The van der Waals surface area contributed by atoms with Gasteiger partial charge in [-0.25, -0.2) is 4.79 Å². The van der Waals surface area contributed by atoms with Crippen LogP contribution < -0.4 is 5.32 Å². The zero-order chi connectivity index (χ0) is 10.8. The lowest BCUT2D eigenvalue weighted by atomic mass is 9.93. The van der Waals surface area contributed by atoms with Gasteiger partial charge in [0.15, 0.2) is 0 Å². The molecule has 0 aliphatic carbocycles. The van der Waals surface area contributed by atoms with Crippen LogP contribution in [0.3, 0.4) is 0 Å². The molecule has 5 nitrogen and oxygen atoms in total. The Balaban J connectivity index is 2.28. The number of carboxylic acids is 1. The summed E-state index contributed by atoms with van der Waals surface area (Å²) in [6.07, 6.45) is 3.42. The topological polar surface area (TPSA) is 79.3 Å². The molecule has 1 fully saturated rings. The highest BCUT2D eigenvalue weighted by molar-refractivity contribution is 5.89. The maximum Gasteiger partial charge on any atom is 0.326 e. The van der Waals surface area contributed by atoms with E-state index in [1.165, 1.54) is 0 Å². The van der Waals surface area contributed by atoms with E-state index in [1.807, 2.05) is 0 Å². The van der Waals surface area contributed by atoms with Gasteiger partial charge in [-0.1, -0.05) is 6.07 Å². The van der Waals surface area contributed by atoms with Crippen molar-refractivity contribution in [1.82, 2.24) is 10.3 Å². The monoisotopic (exact) mass is 206 g/mol. The lowest BCUT2D eigenvalue weighted by Crippen LogP contribution is -2.36. The number of nitrogens with one attached hydrogen (secondary N) is 1. The molecule has 5 heteroatoms. The summed E-state index contributed by atoms with van der Waals surface area (Å²) in [5, 5.41) is 11.4. The number of aromatic nitrogens is 1. The SMILES string of the molecule is O=C1C[C@@H](c2cccnc2)[C@@H](C(=O)O)N1. The number of carboxylic acid groups (broad SMARTS) is 1. The van der Waals surface area contributed by atoms with E-state index >= 15 is 0 Å². The van der Waals surface area contributed by atoms with Crippen molar-refractivity contribution in [3.8, 4) is 0 Å². The van der Waals surface area contributed by atoms with E-state index in [2.05, 4.69) is 10.3 Å². The molecular weight excluding hydrogens is 196 g/mol. The van der Waals surface area contributed by atoms with Crippen LogP contribution in [0.5, 0.6) is 0 Å². The number of nitrogens with zero attached hydrogens (tertiary/aromatic N) is 1. The smallest absolute Gasteiger partial charge is 0.326 e. The third kappa shape index (κ3) is 1.81. The summed E-state index contributed by atoms with van der Waals surface area (Å²) in [6.45, 7) is 0. The summed E-state index contributed by atoms with van der Waals surface area (Å²) < 4.78 is 0. The Labute approximate surface area is 86.1 Å². The molecule has 0 aromatic carbocycles. The normalized spacial score (nSPS) is 24.9. The highest BCUT2D eigenvalue weighted by Gasteiger charge is 2.38. The van der Waals surface area contributed by atoms with Crippen LogP contribution in [0.4, 0.5) is 0 Å². The highest BCUT2D eigenvalue weighted by atomic mass is 16.4. The summed E-state index contributed by atoms with van der Waals surface area (Å²) in [7, 11) is 0. The molecule has 2 heterocycles. The molecule has 1 saturated heterocycles. The van der Waals surface area contributed by atoms with Crippen molar-refractivity contribution in [2.24, 2.45) is 0 Å². The average Bonchev–Trinajstić information content (AvgIpc) is 2.62. The molecule has 2 N–H and O–H groups in total. The molecule has 0 spiro atoms. The average molecular weight is 206 g/mol. The molecule has 1 amide bonds. The van der Waals surface area contributed by atoms with Crippen LogP contribution in [-0.2, 0) is 9.59 Å². The van der Waals surface area contributed by atoms with Crippen molar-refractivity contribution in [1.29, 1.82) is 0 Å². The predicted molar refractivity (Wildman–Crippen MR) is 51.2 cm³/mol. The quantitative estimate of drug-likeness (QED) is 0.721. The fourth-order valence-electron chi connectivity index (χ4n) is 1.79. The van der Waals surface area contributed by atoms with Gasteiger partial charge in [-0.3, -0.25) is 9.78 Å². The minimum Gasteiger partial charge on any atom is -0.480 e. The van der Waals surface area contributed by atoms with E-state index in [9.17, 15) is 9.59 Å². The van der Waals surface area contributed by atoms with Crippen molar-refractivity contribution in [2.45, 2.75) is 18.4 Å². The van der Waals surface area contributed by atoms with Gasteiger partial charge in [0.05, 0.1) is 0 Å². The summed E-state index contributed by atoms with van der Waals surface area (Å²) in [5.74, 6) is -1.55. The van der Waals surface area contributed by atoms with Crippen LogP contribution in [0.2, 0.25) is 0 Å². The number of rotatable bonds is 2. The van der Waals surface area contributed by atoms with Crippen LogP contribution >= 0.6 is 0 Å². The lowest BCUT2D eigenvalue weighted by molar-refractivity contribution is -0.140. The number of aliphatic carboxylic acids is 1. The molecule has 78 valence electrons. The van der Waals surface area contributed by atoms with Gasteiger partial charge in [0.25, 0.3) is 0 Å². The summed E-state index contributed by atoms with van der Waals surface area (Å²) in [6, 6.07) is 2.69. The van der Waals surface area contributed by atoms with Gasteiger partial charge >= 0.3 is 5.97 Å². The van der Waals surface area contributed by atoms with E-state index < -0.39 is 12.0 Å². The Kier molecular flexibility index (Phi) is 2.37. The molecule has 1 aliphatic rings. The maximum absolute atomic E-state index is 11.1. The molecule has 2 atom stereocenters. The molecular formula is C10H10N2O3. The molecule has 2 rings (SSSR count). The summed E-state index contributed by atoms with van der Waals surface area (Å²) >= 11 is 0. The number of amides is 1. The highest BCUT2D eigenvalue weighted by Crippen LogP contribution is 2.27. The summed E-state index contributed by atoms with van der Waals surface area (Å²) in [5.41, 5.74) is 0.781. The van der Waals surface area contributed by atoms with Crippen molar-refractivity contribution in [3.63, 3.8) is 0 Å². The summed E-state index contributed by atoms with van der Waals surface area (Å²) in [4.78, 5) is 26.0. The molecule has 1 aromatic rings. The third-order valence-corrected chi connectivity index (χ3v) is 2.50. The second kappa shape index (κ2) is 3.68. The number of carbonyl (C=O) groups excluding carboxylic acids is 1. The van der Waals surface area contributed by atoms with Crippen LogP contribution in [0.1, 0.15) is 17.9 Å². The Hall–Kier alpha value is -1.91. The first-order valence-corrected chi connectivity index (χ1v) is 4.60. The number of pyridine rings is 1. The lowest BCUT2D eigenvalue weighted by Gasteiger charge is -2.13. The van der Waals surface area contributed by atoms with E-state index in [1.54, 1.807) is 24.5 Å². The second-order valence-electron chi connectivity index (χ2n) is 3.48. The van der Waals surface area contributed by atoms with E-state index in [4.69, 9.17) is 5.11 Å². The fraction of sp³-hybridized carbons (Fsp3) is 0.300. The second-order valence-corrected chi connectivity index (χ2v) is 3.48. The molecule has 0 radical (unpaired) electrons. The number of carbonyl (C=O) groups is 2. The fourth-order valence-corrected chi connectivity index (χ4v) is 1.79. The zero-order valence-electron chi connectivity index (χ0n) is 7.88. The van der Waals surface area contributed by atoms with Crippen LogP contribution in [0.15, 0.2) is 24.5 Å². The van der Waals surface area contributed by atoms with Gasteiger partial charge in [-0.15, -0.1) is 0 Å². The van der Waals surface area contributed by atoms with Crippen molar-refractivity contribution in [3.05, 3.63) is 30.1 Å². The third-order valence-electron chi connectivity index (χ3n) is 2.50. The number of hydrogen-bond donors (Lipinski definition) is 2. The van der Waals surface area contributed by atoms with Gasteiger partial charge in [-0.2, -0.15) is 0 Å². The molecule has 15 heavy (non-hydrogen) atoms. The van der Waals surface area contributed by atoms with Crippen LogP contribution in [0, 0.1) is 0 Å². The minimum atomic E-state index is -1.00. The Morgan fingerprint density at radius 1 is 1.60 bits per heavy atom. The van der Waals surface area contributed by atoms with Gasteiger partial charge < -0.3 is 10.4 Å². The Morgan fingerprint density at radius 3 is 3.00 bits per heavy atom. The Bertz CT molecular complexity index is 391. The first-order chi connectivity index (χ1) is 7.18. The molecule has 1 aromatic heterocycles. The largest absolute Gasteiger partial charge is 0.480 e. The molecule has 0 bridgehead atoms. The van der Waals surface area contributed by atoms with Crippen LogP contribution in [0.25, 0.3) is 0 Å². The first-order valence-electron chi connectivity index (χ1n) is 4.60. The van der Waals surface area contributed by atoms with Gasteiger partial charge in [0.2, 0.25) is 5.91 Å². The number of hydrogen-bond acceptors (Lipinski definition) is 3. The van der Waals surface area contributed by atoms with Crippen LogP contribution in [-0.4, -0.2) is 28.0 Å². The van der Waals surface area contributed by atoms with E-state index in [0.717, 1.165) is 5.56 Å². The van der Waals surface area contributed by atoms with E-state index in [-0.39, 0.29) is 18.2 Å². The molecule has 0 saturated carbocycles. The van der Waals surface area contributed by atoms with Gasteiger partial charge in [0, 0.05) is 24.7 Å². The maximum atomic E-state index is 11.1. The first kappa shape index (κ1) is 9.64. The minimum absolute atomic E-state index is 0.211. The van der Waals surface area contributed by atoms with E-state index in [0.29, 0.717) is 0 Å². The Morgan fingerprint density at radius 2 is 2.40 bits per heavy atom. The van der Waals surface area contributed by atoms with Gasteiger partial charge in [0.1, 0.15) is 6.04 Å². The van der Waals surface area contributed by atoms with Crippen molar-refractivity contribution in [2.75, 3.05) is 0 Å². The predicted octanol–water partition coefficient (Wildman–Crippen LogP) is 0.138. The van der Waals surface area contributed by atoms with Crippen molar-refractivity contribution >= 4 is 11.9 Å².